The van der Waals surface area contributed by atoms with Gasteiger partial charge in [0.05, 0.1) is 36.9 Å². The number of anilines is 1. The molecule has 0 atom stereocenters. The molecule has 50 heavy (non-hydrogen) atoms. The Balaban J connectivity index is 0.000000428. The molecule has 0 heterocycles. The van der Waals surface area contributed by atoms with Gasteiger partial charge in [0.25, 0.3) is 0 Å². The van der Waals surface area contributed by atoms with Gasteiger partial charge in [0.1, 0.15) is 6.61 Å². The van der Waals surface area contributed by atoms with Gasteiger partial charge < -0.3 is 19.3 Å². The molecule has 4 aromatic carbocycles. The van der Waals surface area contributed by atoms with Crippen LogP contribution in [0.25, 0.3) is 0 Å². The lowest BCUT2D eigenvalue weighted by atomic mass is 10.0. The number of ether oxygens (including phenoxy) is 3. The normalized spacial score (nSPS) is 9.48. The summed E-state index contributed by atoms with van der Waals surface area (Å²) in [5.74, 6) is 0. The number of carbonyl (C=O) groups is 1. The van der Waals surface area contributed by atoms with Crippen LogP contribution in [0.5, 0.6) is 0 Å². The number of aliphatic hydroxyl groups is 1. The van der Waals surface area contributed by atoms with E-state index in [1.165, 1.54) is 18.2 Å². The first-order valence-corrected chi connectivity index (χ1v) is 16.4. The maximum atomic E-state index is 11.5. The van der Waals surface area contributed by atoms with Crippen LogP contribution in [0.1, 0.15) is 23.6 Å². The van der Waals surface area contributed by atoms with E-state index in [2.05, 4.69) is 25.0 Å². The average molecular weight is 796 g/mol. The van der Waals surface area contributed by atoms with E-state index in [1.807, 2.05) is 83.3 Å². The zero-order valence-corrected chi connectivity index (χ0v) is 29.9. The van der Waals surface area contributed by atoms with Crippen molar-refractivity contribution in [3.63, 3.8) is 0 Å². The molecule has 13 heteroatoms. The zero-order valence-electron chi connectivity index (χ0n) is 28.7. The van der Waals surface area contributed by atoms with Gasteiger partial charge in [-0.25, -0.2) is 19.2 Å². The van der Waals surface area contributed by atoms with Crippen molar-refractivity contribution < 1.29 is 39.9 Å². The smallest absolute Gasteiger partial charge is 0.411 e. The van der Waals surface area contributed by atoms with Crippen molar-refractivity contribution in [2.75, 3.05) is 50.9 Å². The van der Waals surface area contributed by atoms with E-state index in [1.54, 1.807) is 50.6 Å². The summed E-state index contributed by atoms with van der Waals surface area (Å²) in [4.78, 5) is 53.0. The van der Waals surface area contributed by atoms with Crippen LogP contribution in [-0.4, -0.2) is 75.0 Å². The SMILES string of the molecule is COCCO.COCCOC(=O)Nc1ccc(Cc2ccc(N=C=O)cc2)cc1.O=C=Nc1ccc(Cc2ccc(N=C=O)cc2)cc1.[2H]CI. The Kier molecular flexibility index (Phi) is 22.8. The van der Waals surface area contributed by atoms with Crippen molar-refractivity contribution in [2.24, 2.45) is 15.0 Å². The second-order valence-corrected chi connectivity index (χ2v) is 9.63. The Morgan fingerprint density at radius 1 is 0.660 bits per heavy atom. The fourth-order valence-corrected chi connectivity index (χ4v) is 3.86. The summed E-state index contributed by atoms with van der Waals surface area (Å²) >= 11 is 1.96. The van der Waals surface area contributed by atoms with E-state index in [0.717, 1.165) is 35.1 Å². The molecule has 1 amide bonds. The van der Waals surface area contributed by atoms with Crippen molar-refractivity contribution in [3.05, 3.63) is 119 Å². The molecule has 0 spiro atoms. The summed E-state index contributed by atoms with van der Waals surface area (Å²) in [6.07, 6.45) is 5.51. The number of hydrogen-bond donors (Lipinski definition) is 2. The van der Waals surface area contributed by atoms with Gasteiger partial charge in [-0.05, 0) is 88.5 Å². The Bertz CT molecular complexity index is 1630. The number of hydrogen-bond acceptors (Lipinski definition) is 11. The number of amides is 1. The molecule has 0 bridgehead atoms. The van der Waals surface area contributed by atoms with Gasteiger partial charge in [-0.3, -0.25) is 5.32 Å². The molecule has 12 nitrogen and oxygen atoms in total. The highest BCUT2D eigenvalue weighted by molar-refractivity contribution is 14.1. The van der Waals surface area contributed by atoms with Crippen LogP contribution in [0.3, 0.4) is 0 Å². The monoisotopic (exact) mass is 795 g/mol. The minimum Gasteiger partial charge on any atom is -0.447 e. The Morgan fingerprint density at radius 3 is 1.28 bits per heavy atom. The molecule has 0 aliphatic heterocycles. The topological polar surface area (TPSA) is 165 Å². The number of alkyl halides is 1. The number of isocyanates is 3. The summed E-state index contributed by atoms with van der Waals surface area (Å²) in [5.41, 5.74) is 6.84. The lowest BCUT2D eigenvalue weighted by Crippen LogP contribution is -2.16. The molecule has 0 saturated heterocycles. The highest BCUT2D eigenvalue weighted by atomic mass is 127. The number of halogens is 1. The summed E-state index contributed by atoms with van der Waals surface area (Å²) < 4.78 is 20.4. The number of methoxy groups -OCH3 is 2. The molecule has 4 rings (SSSR count). The number of nitrogens with zero attached hydrogens (tertiary/aromatic N) is 3. The molecular weight excluding hydrogens is 755 g/mol. The Hall–Kier alpha value is -5.10. The van der Waals surface area contributed by atoms with Crippen LogP contribution >= 0.6 is 22.6 Å². The largest absolute Gasteiger partial charge is 0.447 e. The summed E-state index contributed by atoms with van der Waals surface area (Å²) in [7, 11) is 3.10. The van der Waals surface area contributed by atoms with Crippen LogP contribution in [0.15, 0.2) is 112 Å². The van der Waals surface area contributed by atoms with Crippen molar-refractivity contribution in [2.45, 2.75) is 12.8 Å². The minimum absolute atomic E-state index is 0.122. The van der Waals surface area contributed by atoms with Crippen LogP contribution in [0, 0.1) is 0 Å². The molecule has 4 aromatic rings. The van der Waals surface area contributed by atoms with Gasteiger partial charge in [0, 0.05) is 21.3 Å². The predicted molar refractivity (Wildman–Crippen MR) is 200 cm³/mol. The molecule has 0 aliphatic carbocycles. The first-order chi connectivity index (χ1) is 24.8. The van der Waals surface area contributed by atoms with Crippen molar-refractivity contribution in [3.8, 4) is 0 Å². The molecule has 0 radical (unpaired) electrons. The van der Waals surface area contributed by atoms with Gasteiger partial charge in [0.15, 0.2) is 0 Å². The van der Waals surface area contributed by atoms with Gasteiger partial charge in [-0.2, -0.15) is 15.0 Å². The van der Waals surface area contributed by atoms with Gasteiger partial charge >= 0.3 is 6.09 Å². The second-order valence-electron chi connectivity index (χ2n) is 9.63. The average Bonchev–Trinajstić information content (AvgIpc) is 3.13. The number of nitrogens with one attached hydrogen (secondary N) is 1. The molecular formula is C37H39IN4O8. The Labute approximate surface area is 306 Å². The van der Waals surface area contributed by atoms with Crippen molar-refractivity contribution in [1.29, 1.82) is 0 Å². The third-order valence-electron chi connectivity index (χ3n) is 6.17. The molecule has 262 valence electrons. The third-order valence-corrected chi connectivity index (χ3v) is 6.17. The van der Waals surface area contributed by atoms with Gasteiger partial charge in [-0.1, -0.05) is 71.1 Å². The summed E-state index contributed by atoms with van der Waals surface area (Å²) in [5, 5.41) is 10.6. The summed E-state index contributed by atoms with van der Waals surface area (Å²) in [6.45, 7) is 1.14. The zero-order chi connectivity index (χ0) is 37.5. The quantitative estimate of drug-likeness (QED) is 0.0467. The van der Waals surface area contributed by atoms with E-state index in [-0.39, 0.29) is 13.2 Å². The van der Waals surface area contributed by atoms with Gasteiger partial charge in [-0.15, -0.1) is 0 Å². The lowest BCUT2D eigenvalue weighted by Gasteiger charge is -2.08. The highest BCUT2D eigenvalue weighted by Crippen LogP contribution is 2.19. The van der Waals surface area contributed by atoms with E-state index < -0.39 is 6.09 Å². The molecule has 0 fully saturated rings. The number of carbonyl (C=O) groups excluding carboxylic acids is 4. The summed E-state index contributed by atoms with van der Waals surface area (Å²) in [6, 6.07) is 29.6. The minimum atomic E-state index is -0.508. The van der Waals surface area contributed by atoms with E-state index in [4.69, 9.17) is 16.0 Å². The maximum Gasteiger partial charge on any atom is 0.411 e. The van der Waals surface area contributed by atoms with E-state index in [0.29, 0.717) is 40.9 Å². The molecule has 0 aromatic heterocycles. The van der Waals surface area contributed by atoms with Crippen molar-refractivity contribution in [1.82, 2.24) is 0 Å². The van der Waals surface area contributed by atoms with Crippen molar-refractivity contribution >= 4 is 69.7 Å². The lowest BCUT2D eigenvalue weighted by molar-refractivity contribution is 0.107. The Morgan fingerprint density at radius 2 is 1.00 bits per heavy atom. The number of aliphatic imine (C=N–C) groups is 3. The molecule has 0 saturated carbocycles. The number of rotatable bonds is 13. The number of aliphatic hydroxyl groups excluding tert-OH is 1. The standard InChI is InChI=1S/C18H18N2O4.C15H10N2O2.C3H8O2.CH3I/c1-23-10-11-24-18(22)20-17-8-4-15(5-9-17)12-14-2-6-16(7-3-14)19-13-21;18-10-16-14-5-1-12(2-6-14)9-13-3-7-15(8-4-13)17-11-19;1-5-3-2-4;1-2/h2-9H,10-12H2,1H3,(H,20,22);1-8H,9H2;4H,2-3H2,1H3;1H3/i;;;1D. The van der Waals surface area contributed by atoms with E-state index >= 15 is 0 Å². The third kappa shape index (κ3) is 19.0. The molecule has 2 N–H and O–H groups in total. The fourth-order valence-electron chi connectivity index (χ4n) is 3.86. The van der Waals surface area contributed by atoms with Crippen LogP contribution in [0.4, 0.5) is 27.5 Å². The fraction of sp³-hybridized carbons (Fsp3) is 0.243. The van der Waals surface area contributed by atoms with Gasteiger partial charge in [0.2, 0.25) is 18.2 Å². The van der Waals surface area contributed by atoms with Crippen LogP contribution in [-0.2, 0) is 41.4 Å². The number of benzene rings is 4. The second kappa shape index (κ2) is 27.8. The van der Waals surface area contributed by atoms with E-state index in [9.17, 15) is 19.2 Å². The first kappa shape index (κ1) is 41.1. The highest BCUT2D eigenvalue weighted by Gasteiger charge is 2.04. The molecule has 0 aliphatic rings. The predicted octanol–water partition coefficient (Wildman–Crippen LogP) is 7.33. The van der Waals surface area contributed by atoms with Crippen LogP contribution in [0.2, 0.25) is 0 Å². The van der Waals surface area contributed by atoms with Crippen LogP contribution < -0.4 is 5.32 Å². The molecule has 0 unspecified atom stereocenters. The maximum absolute atomic E-state index is 11.5. The first-order valence-electron chi connectivity index (χ1n) is 15.5.